The molecule has 1 aromatic heterocycles. The molecule has 1 saturated carbocycles. The Balaban J connectivity index is 2.29. The zero-order valence-electron chi connectivity index (χ0n) is 13.7. The lowest BCUT2D eigenvalue weighted by atomic mass is 9.70. The van der Waals surface area contributed by atoms with E-state index in [0.29, 0.717) is 11.5 Å². The summed E-state index contributed by atoms with van der Waals surface area (Å²) in [7, 11) is 0. The molecule has 0 radical (unpaired) electrons. The molecule has 1 aromatic rings. The summed E-state index contributed by atoms with van der Waals surface area (Å²) in [5, 5.41) is 6.17. The lowest BCUT2D eigenvalue weighted by Crippen LogP contribution is -2.38. The van der Waals surface area contributed by atoms with Gasteiger partial charge in [-0.25, -0.2) is 0 Å². The van der Waals surface area contributed by atoms with Gasteiger partial charge in [-0.2, -0.15) is 0 Å². The number of hydrogen-bond donors (Lipinski definition) is 1. The summed E-state index contributed by atoms with van der Waals surface area (Å²) in [5.74, 6) is 0.790. The summed E-state index contributed by atoms with van der Waals surface area (Å²) in [6.45, 7) is 10.5. The highest BCUT2D eigenvalue weighted by Gasteiger charge is 2.42. The van der Waals surface area contributed by atoms with Crippen molar-refractivity contribution in [1.82, 2.24) is 5.32 Å². The van der Waals surface area contributed by atoms with Gasteiger partial charge in [0.1, 0.15) is 0 Å². The predicted octanol–water partition coefficient (Wildman–Crippen LogP) is 5.70. The quantitative estimate of drug-likeness (QED) is 0.679. The molecular formula is C18H31NS. The van der Waals surface area contributed by atoms with Crippen LogP contribution in [0.1, 0.15) is 75.8 Å². The van der Waals surface area contributed by atoms with E-state index in [4.69, 9.17) is 0 Å². The molecule has 2 rings (SSSR count). The van der Waals surface area contributed by atoms with Crippen LogP contribution in [0.15, 0.2) is 11.4 Å². The molecule has 1 fully saturated rings. The summed E-state index contributed by atoms with van der Waals surface area (Å²) in [6.07, 6.45) is 8.23. The molecule has 1 heterocycles. The van der Waals surface area contributed by atoms with Crippen LogP contribution in [0.4, 0.5) is 0 Å². The molecule has 114 valence electrons. The minimum atomic E-state index is 0.495. The summed E-state index contributed by atoms with van der Waals surface area (Å²) < 4.78 is 0. The smallest absolute Gasteiger partial charge is 0.0388 e. The highest BCUT2D eigenvalue weighted by Crippen LogP contribution is 2.52. The summed E-state index contributed by atoms with van der Waals surface area (Å²) in [4.78, 5) is 1.51. The predicted molar refractivity (Wildman–Crippen MR) is 90.4 cm³/mol. The molecule has 0 saturated heterocycles. The fourth-order valence-corrected chi connectivity index (χ4v) is 4.88. The maximum atomic E-state index is 3.91. The molecule has 1 N–H and O–H groups in total. The van der Waals surface area contributed by atoms with Crippen molar-refractivity contribution < 1.29 is 0 Å². The Morgan fingerprint density at radius 1 is 1.30 bits per heavy atom. The SMILES string of the molecule is CCCNC(c1ccsc1C)C1(CC(C)C)CCCC1. The van der Waals surface area contributed by atoms with E-state index >= 15 is 0 Å². The van der Waals surface area contributed by atoms with Gasteiger partial charge in [-0.3, -0.25) is 0 Å². The van der Waals surface area contributed by atoms with Gasteiger partial charge >= 0.3 is 0 Å². The molecule has 0 aliphatic heterocycles. The van der Waals surface area contributed by atoms with Gasteiger partial charge in [0, 0.05) is 10.9 Å². The molecule has 0 bridgehead atoms. The van der Waals surface area contributed by atoms with Crippen LogP contribution >= 0.6 is 11.3 Å². The maximum Gasteiger partial charge on any atom is 0.0388 e. The highest BCUT2D eigenvalue weighted by molar-refractivity contribution is 7.10. The Morgan fingerprint density at radius 2 is 2.00 bits per heavy atom. The zero-order chi connectivity index (χ0) is 14.6. The van der Waals surface area contributed by atoms with Crippen molar-refractivity contribution in [2.24, 2.45) is 11.3 Å². The minimum Gasteiger partial charge on any atom is -0.309 e. The first-order valence-corrected chi connectivity index (χ1v) is 9.24. The Labute approximate surface area is 129 Å². The summed E-state index contributed by atoms with van der Waals surface area (Å²) >= 11 is 1.90. The number of nitrogens with one attached hydrogen (secondary N) is 1. The van der Waals surface area contributed by atoms with Crippen molar-refractivity contribution in [2.75, 3.05) is 6.54 Å². The Kier molecular flexibility index (Phi) is 5.68. The maximum absolute atomic E-state index is 3.91. The van der Waals surface area contributed by atoms with Gasteiger partial charge in [0.05, 0.1) is 0 Å². The van der Waals surface area contributed by atoms with E-state index in [9.17, 15) is 0 Å². The third kappa shape index (κ3) is 3.46. The van der Waals surface area contributed by atoms with Gasteiger partial charge in [0.15, 0.2) is 0 Å². The van der Waals surface area contributed by atoms with Crippen molar-refractivity contribution in [2.45, 2.75) is 72.3 Å². The van der Waals surface area contributed by atoms with E-state index < -0.39 is 0 Å². The summed E-state index contributed by atoms with van der Waals surface area (Å²) in [5.41, 5.74) is 2.07. The molecule has 1 aliphatic carbocycles. The molecule has 1 atom stereocenters. The van der Waals surface area contributed by atoms with Gasteiger partial charge in [-0.1, -0.05) is 33.6 Å². The molecule has 1 nitrogen and oxygen atoms in total. The number of thiophene rings is 1. The van der Waals surface area contributed by atoms with Gasteiger partial charge < -0.3 is 5.32 Å². The first-order chi connectivity index (χ1) is 9.59. The largest absolute Gasteiger partial charge is 0.309 e. The van der Waals surface area contributed by atoms with Crippen molar-refractivity contribution in [1.29, 1.82) is 0 Å². The highest BCUT2D eigenvalue weighted by atomic mass is 32.1. The number of hydrogen-bond acceptors (Lipinski definition) is 2. The molecule has 1 unspecified atom stereocenters. The molecular weight excluding hydrogens is 262 g/mol. The van der Waals surface area contributed by atoms with E-state index in [1.54, 1.807) is 5.56 Å². The molecule has 1 aliphatic rings. The van der Waals surface area contributed by atoms with Crippen LogP contribution in [0.25, 0.3) is 0 Å². The van der Waals surface area contributed by atoms with E-state index in [0.717, 1.165) is 12.5 Å². The van der Waals surface area contributed by atoms with Crippen molar-refractivity contribution in [3.05, 3.63) is 21.9 Å². The van der Waals surface area contributed by atoms with Crippen LogP contribution in [-0.4, -0.2) is 6.54 Å². The molecule has 0 aromatic carbocycles. The molecule has 0 amide bonds. The van der Waals surface area contributed by atoms with E-state index in [1.165, 1.54) is 43.4 Å². The first-order valence-electron chi connectivity index (χ1n) is 8.36. The third-order valence-corrected chi connectivity index (χ3v) is 5.70. The van der Waals surface area contributed by atoms with E-state index in [-0.39, 0.29) is 0 Å². The molecule has 0 spiro atoms. The van der Waals surface area contributed by atoms with Crippen LogP contribution < -0.4 is 5.32 Å². The fourth-order valence-electron chi connectivity index (χ4n) is 4.14. The first kappa shape index (κ1) is 16.0. The van der Waals surface area contributed by atoms with Crippen LogP contribution in [0.5, 0.6) is 0 Å². The van der Waals surface area contributed by atoms with Crippen molar-refractivity contribution in [3.63, 3.8) is 0 Å². The van der Waals surface area contributed by atoms with Crippen LogP contribution in [0.3, 0.4) is 0 Å². The minimum absolute atomic E-state index is 0.495. The van der Waals surface area contributed by atoms with Gasteiger partial charge in [-0.05, 0) is 67.5 Å². The van der Waals surface area contributed by atoms with E-state index in [2.05, 4.69) is 44.5 Å². The van der Waals surface area contributed by atoms with Crippen molar-refractivity contribution >= 4 is 11.3 Å². The second kappa shape index (κ2) is 7.09. The lowest BCUT2D eigenvalue weighted by molar-refractivity contribution is 0.155. The van der Waals surface area contributed by atoms with Gasteiger partial charge in [0.25, 0.3) is 0 Å². The van der Waals surface area contributed by atoms with Gasteiger partial charge in [0.2, 0.25) is 0 Å². The topological polar surface area (TPSA) is 12.0 Å². The zero-order valence-corrected chi connectivity index (χ0v) is 14.5. The number of rotatable bonds is 7. The monoisotopic (exact) mass is 293 g/mol. The fraction of sp³-hybridized carbons (Fsp3) is 0.778. The standard InChI is InChI=1S/C18H31NS/c1-5-11-19-17(16-8-12-20-15(16)4)18(13-14(2)3)9-6-7-10-18/h8,12,14,17,19H,5-7,9-11,13H2,1-4H3. The second-order valence-corrected chi connectivity index (χ2v) is 8.11. The Bertz CT molecular complexity index is 401. The van der Waals surface area contributed by atoms with Crippen LogP contribution in [-0.2, 0) is 0 Å². The Hall–Kier alpha value is -0.340. The van der Waals surface area contributed by atoms with E-state index in [1.807, 2.05) is 11.3 Å². The average molecular weight is 294 g/mol. The molecule has 2 heteroatoms. The second-order valence-electron chi connectivity index (χ2n) is 6.99. The Morgan fingerprint density at radius 3 is 2.50 bits per heavy atom. The van der Waals surface area contributed by atoms with Crippen LogP contribution in [0, 0.1) is 18.3 Å². The normalized spacial score (nSPS) is 19.6. The number of aryl methyl sites for hydroxylation is 1. The average Bonchev–Trinajstić information content (AvgIpc) is 3.00. The van der Waals surface area contributed by atoms with Gasteiger partial charge in [-0.15, -0.1) is 11.3 Å². The lowest BCUT2D eigenvalue weighted by Gasteiger charge is -2.40. The summed E-state index contributed by atoms with van der Waals surface area (Å²) in [6, 6.07) is 2.94. The third-order valence-electron chi connectivity index (χ3n) is 4.83. The molecule has 20 heavy (non-hydrogen) atoms. The van der Waals surface area contributed by atoms with Crippen LogP contribution in [0.2, 0.25) is 0 Å². The van der Waals surface area contributed by atoms with Crippen molar-refractivity contribution in [3.8, 4) is 0 Å².